The molecule has 0 unspecified atom stereocenters. The molecule has 9 heteroatoms. The summed E-state index contributed by atoms with van der Waals surface area (Å²) in [5.41, 5.74) is -1.57. The zero-order chi connectivity index (χ0) is 20.5. The number of nitrogens with zero attached hydrogens (tertiary/aromatic N) is 2. The van der Waals surface area contributed by atoms with Crippen LogP contribution in [0.25, 0.3) is 6.08 Å². The van der Waals surface area contributed by atoms with Gasteiger partial charge in [-0.3, -0.25) is 4.79 Å². The van der Waals surface area contributed by atoms with Crippen LogP contribution in [0.15, 0.2) is 53.1 Å². The molecule has 0 saturated carbocycles. The molecule has 2 aromatic rings. The Morgan fingerprint density at radius 2 is 1.64 bits per heavy atom. The van der Waals surface area contributed by atoms with E-state index in [2.05, 4.69) is 5.10 Å². The highest BCUT2D eigenvalue weighted by molar-refractivity contribution is 6.34. The van der Waals surface area contributed by atoms with E-state index in [1.165, 1.54) is 38.5 Å². The summed E-state index contributed by atoms with van der Waals surface area (Å²) in [5.74, 6) is -1.26. The number of methoxy groups -OCH3 is 2. The summed E-state index contributed by atoms with van der Waals surface area (Å²) in [7, 11) is 2.57. The number of carbonyl (C=O) groups is 1. The number of benzene rings is 2. The standard InChI is InChI=1S/C19H15F3N2O4/c1-27-14-9-11(10-15(28-2)16(14)25)8-13-17(19(20,21)22)23-24(18(13)26)12-6-4-3-5-7-12/h3-10,25H,1-2H3/b13-8-. The minimum atomic E-state index is -4.84. The first-order chi connectivity index (χ1) is 13.3. The third-order valence-electron chi connectivity index (χ3n) is 3.96. The van der Waals surface area contributed by atoms with Crippen LogP contribution in [-0.4, -0.2) is 37.1 Å². The second kappa shape index (κ2) is 7.26. The number of halogens is 3. The molecule has 0 bridgehead atoms. The lowest BCUT2D eigenvalue weighted by Crippen LogP contribution is -2.25. The number of anilines is 1. The Balaban J connectivity index is 2.12. The second-order valence-electron chi connectivity index (χ2n) is 5.73. The minimum absolute atomic E-state index is 0.0120. The van der Waals surface area contributed by atoms with Gasteiger partial charge in [-0.15, -0.1) is 0 Å². The van der Waals surface area contributed by atoms with Gasteiger partial charge < -0.3 is 14.6 Å². The minimum Gasteiger partial charge on any atom is -0.502 e. The molecule has 1 N–H and O–H groups in total. The fraction of sp³-hybridized carbons (Fsp3) is 0.158. The van der Waals surface area contributed by atoms with Crippen molar-refractivity contribution in [2.75, 3.05) is 19.2 Å². The van der Waals surface area contributed by atoms with Crippen LogP contribution in [-0.2, 0) is 4.79 Å². The van der Waals surface area contributed by atoms with E-state index in [-0.39, 0.29) is 28.5 Å². The molecular formula is C19H15F3N2O4. The van der Waals surface area contributed by atoms with Crippen molar-refractivity contribution in [3.8, 4) is 17.2 Å². The molecule has 0 spiro atoms. The lowest BCUT2D eigenvalue weighted by atomic mass is 10.0. The number of alkyl halides is 3. The highest BCUT2D eigenvalue weighted by Crippen LogP contribution is 2.39. The quantitative estimate of drug-likeness (QED) is 0.805. The van der Waals surface area contributed by atoms with Crippen LogP contribution in [0.3, 0.4) is 0 Å². The molecule has 3 rings (SSSR count). The van der Waals surface area contributed by atoms with Gasteiger partial charge in [-0.2, -0.15) is 23.3 Å². The van der Waals surface area contributed by atoms with Crippen LogP contribution in [0.2, 0.25) is 0 Å². The first-order valence-corrected chi connectivity index (χ1v) is 7.98. The van der Waals surface area contributed by atoms with Crippen molar-refractivity contribution < 1.29 is 32.5 Å². The maximum absolute atomic E-state index is 13.5. The number of ether oxygens (including phenoxy) is 2. The molecule has 6 nitrogen and oxygen atoms in total. The molecule has 0 aromatic heterocycles. The molecule has 0 radical (unpaired) electrons. The summed E-state index contributed by atoms with van der Waals surface area (Å²) < 4.78 is 50.5. The average molecular weight is 392 g/mol. The number of phenols is 1. The largest absolute Gasteiger partial charge is 0.502 e. The fourth-order valence-corrected chi connectivity index (χ4v) is 2.66. The summed E-state index contributed by atoms with van der Waals surface area (Å²) in [6, 6.07) is 10.4. The van der Waals surface area contributed by atoms with Gasteiger partial charge in [0.1, 0.15) is 0 Å². The van der Waals surface area contributed by atoms with Crippen molar-refractivity contribution in [3.63, 3.8) is 0 Å². The molecule has 1 aliphatic heterocycles. The van der Waals surface area contributed by atoms with Crippen LogP contribution in [0.1, 0.15) is 5.56 Å². The third-order valence-corrected chi connectivity index (χ3v) is 3.96. The highest BCUT2D eigenvalue weighted by Gasteiger charge is 2.46. The highest BCUT2D eigenvalue weighted by atomic mass is 19.4. The molecule has 1 heterocycles. The van der Waals surface area contributed by atoms with Crippen molar-refractivity contribution in [1.29, 1.82) is 0 Å². The SMILES string of the molecule is COc1cc(/C=C2\C(=O)N(c3ccccc3)N=C2C(F)(F)F)cc(OC)c1O. The number of rotatable bonds is 4. The van der Waals surface area contributed by atoms with E-state index in [0.717, 1.165) is 6.08 Å². The topological polar surface area (TPSA) is 71.4 Å². The number of amides is 1. The van der Waals surface area contributed by atoms with Gasteiger partial charge >= 0.3 is 6.18 Å². The molecule has 0 saturated heterocycles. The average Bonchev–Trinajstić information content (AvgIpc) is 3.00. The lowest BCUT2D eigenvalue weighted by Gasteiger charge is -2.11. The van der Waals surface area contributed by atoms with Crippen LogP contribution in [0.4, 0.5) is 18.9 Å². The van der Waals surface area contributed by atoms with Crippen LogP contribution in [0.5, 0.6) is 17.2 Å². The summed E-state index contributed by atoms with van der Waals surface area (Å²) in [4.78, 5) is 12.7. The van der Waals surface area contributed by atoms with Crippen molar-refractivity contribution in [1.82, 2.24) is 0 Å². The Morgan fingerprint density at radius 1 is 1.07 bits per heavy atom. The Labute approximate surface area is 158 Å². The predicted molar refractivity (Wildman–Crippen MR) is 96.6 cm³/mol. The number of phenolic OH excluding ortho intramolecular Hbond substituents is 1. The number of para-hydroxylation sites is 1. The third kappa shape index (κ3) is 3.51. The Kier molecular flexibility index (Phi) is 5.00. The normalized spacial score (nSPS) is 15.8. The van der Waals surface area contributed by atoms with Crippen LogP contribution < -0.4 is 14.5 Å². The molecule has 0 atom stereocenters. The molecule has 1 amide bonds. The monoisotopic (exact) mass is 392 g/mol. The van der Waals surface area contributed by atoms with Gasteiger partial charge in [0.15, 0.2) is 17.2 Å². The summed E-state index contributed by atoms with van der Waals surface area (Å²) in [5, 5.41) is 14.1. The zero-order valence-corrected chi connectivity index (χ0v) is 14.8. The number of hydrogen-bond acceptors (Lipinski definition) is 5. The first-order valence-electron chi connectivity index (χ1n) is 7.98. The molecule has 28 heavy (non-hydrogen) atoms. The molecule has 0 fully saturated rings. The molecule has 146 valence electrons. The van der Waals surface area contributed by atoms with E-state index < -0.39 is 23.4 Å². The lowest BCUT2D eigenvalue weighted by molar-refractivity contribution is -0.114. The number of hydrazone groups is 1. The maximum atomic E-state index is 13.5. The molecular weight excluding hydrogens is 377 g/mol. The summed E-state index contributed by atoms with van der Waals surface area (Å²) in [6.45, 7) is 0. The van der Waals surface area contributed by atoms with Crippen LogP contribution in [0, 0.1) is 0 Å². The summed E-state index contributed by atoms with van der Waals surface area (Å²) in [6.07, 6.45) is -3.81. The van der Waals surface area contributed by atoms with Gasteiger partial charge in [0.2, 0.25) is 5.75 Å². The summed E-state index contributed by atoms with van der Waals surface area (Å²) >= 11 is 0. The van der Waals surface area contributed by atoms with Gasteiger partial charge in [-0.05, 0) is 35.9 Å². The van der Waals surface area contributed by atoms with Crippen molar-refractivity contribution in [3.05, 3.63) is 53.6 Å². The smallest absolute Gasteiger partial charge is 0.435 e. The van der Waals surface area contributed by atoms with Crippen molar-refractivity contribution in [2.24, 2.45) is 5.10 Å². The zero-order valence-electron chi connectivity index (χ0n) is 14.8. The van der Waals surface area contributed by atoms with Crippen LogP contribution >= 0.6 is 0 Å². The fourth-order valence-electron chi connectivity index (χ4n) is 2.66. The Hall–Kier alpha value is -3.49. The Morgan fingerprint density at radius 3 is 2.14 bits per heavy atom. The van der Waals surface area contributed by atoms with Gasteiger partial charge in [-0.1, -0.05) is 18.2 Å². The number of aromatic hydroxyl groups is 1. The van der Waals surface area contributed by atoms with E-state index in [9.17, 15) is 23.1 Å². The first kappa shape index (κ1) is 19.3. The molecule has 1 aliphatic rings. The van der Waals surface area contributed by atoms with E-state index >= 15 is 0 Å². The molecule has 0 aliphatic carbocycles. The number of carbonyl (C=O) groups excluding carboxylic acids is 1. The molecule has 2 aromatic carbocycles. The van der Waals surface area contributed by atoms with Gasteiger partial charge in [-0.25, -0.2) is 0 Å². The van der Waals surface area contributed by atoms with Gasteiger partial charge in [0.05, 0.1) is 25.5 Å². The predicted octanol–water partition coefficient (Wildman–Crippen LogP) is 3.76. The van der Waals surface area contributed by atoms with Gasteiger partial charge in [0, 0.05) is 0 Å². The van der Waals surface area contributed by atoms with E-state index in [4.69, 9.17) is 9.47 Å². The van der Waals surface area contributed by atoms with Gasteiger partial charge in [0.25, 0.3) is 5.91 Å². The van der Waals surface area contributed by atoms with E-state index in [1.54, 1.807) is 18.2 Å². The second-order valence-corrected chi connectivity index (χ2v) is 5.73. The number of hydrogen-bond donors (Lipinski definition) is 1. The van der Waals surface area contributed by atoms with Crippen molar-refractivity contribution in [2.45, 2.75) is 6.18 Å². The van der Waals surface area contributed by atoms with E-state index in [0.29, 0.717) is 5.01 Å². The Bertz CT molecular complexity index is 944. The van der Waals surface area contributed by atoms with Crippen molar-refractivity contribution >= 4 is 23.4 Å². The van der Waals surface area contributed by atoms with E-state index in [1.807, 2.05) is 0 Å². The maximum Gasteiger partial charge on any atom is 0.435 e.